The van der Waals surface area contributed by atoms with Crippen molar-refractivity contribution in [3.05, 3.63) is 71.3 Å². The number of anilines is 1. The second-order valence-electron chi connectivity index (χ2n) is 7.18. The third-order valence-corrected chi connectivity index (χ3v) is 5.02. The number of fused-ring (bicyclic) bond motifs is 1. The molecule has 2 aromatic carbocycles. The van der Waals surface area contributed by atoms with Gasteiger partial charge in [-0.25, -0.2) is 32.2 Å². The summed E-state index contributed by atoms with van der Waals surface area (Å²) in [5.74, 6) is -0.279. The molecule has 2 heterocycles. The van der Waals surface area contributed by atoms with Crippen molar-refractivity contribution in [3.8, 4) is 11.4 Å². The van der Waals surface area contributed by atoms with Crippen molar-refractivity contribution in [2.45, 2.75) is 26.3 Å². The minimum atomic E-state index is -2.92. The number of hydrogen-bond acceptors (Lipinski definition) is 5. The third-order valence-electron chi connectivity index (χ3n) is 5.02. The lowest BCUT2D eigenvalue weighted by molar-refractivity contribution is 0.146. The van der Waals surface area contributed by atoms with Crippen LogP contribution in [0.15, 0.2) is 42.7 Å². The summed E-state index contributed by atoms with van der Waals surface area (Å²) in [6.45, 7) is 3.33. The fourth-order valence-corrected chi connectivity index (χ4v) is 3.50. The van der Waals surface area contributed by atoms with Gasteiger partial charge in [-0.2, -0.15) is 5.10 Å². The number of benzene rings is 2. The summed E-state index contributed by atoms with van der Waals surface area (Å²) in [6.07, 6.45) is -0.636. The van der Waals surface area contributed by atoms with E-state index in [9.17, 15) is 17.6 Å². The van der Waals surface area contributed by atoms with E-state index in [0.717, 1.165) is 12.3 Å². The highest BCUT2D eigenvalue weighted by Gasteiger charge is 2.21. The van der Waals surface area contributed by atoms with E-state index in [-0.39, 0.29) is 5.56 Å². The third kappa shape index (κ3) is 3.95. The summed E-state index contributed by atoms with van der Waals surface area (Å²) in [5.41, 5.74) is 0.415. The van der Waals surface area contributed by atoms with Crippen LogP contribution < -0.4 is 10.1 Å². The smallest absolute Gasteiger partial charge is 0.266 e. The molecule has 32 heavy (non-hydrogen) atoms. The zero-order valence-corrected chi connectivity index (χ0v) is 17.4. The van der Waals surface area contributed by atoms with Gasteiger partial charge >= 0.3 is 0 Å². The van der Waals surface area contributed by atoms with Crippen molar-refractivity contribution in [1.29, 1.82) is 0 Å². The Morgan fingerprint density at radius 3 is 2.50 bits per heavy atom. The van der Waals surface area contributed by atoms with Gasteiger partial charge in [-0.05, 0) is 26.0 Å². The molecule has 10 heteroatoms. The molecule has 2 aromatic heterocycles. The van der Waals surface area contributed by atoms with Gasteiger partial charge in [0.05, 0.1) is 36.6 Å². The van der Waals surface area contributed by atoms with Crippen LogP contribution >= 0.6 is 0 Å². The van der Waals surface area contributed by atoms with Crippen molar-refractivity contribution in [3.63, 3.8) is 0 Å². The molecule has 0 saturated carbocycles. The number of hydrogen-bond donors (Lipinski definition) is 1. The number of halogens is 4. The molecule has 0 bridgehead atoms. The topological polar surface area (TPSA) is 64.9 Å². The molecule has 166 valence electrons. The number of ether oxygens (including phenoxy) is 1. The first kappa shape index (κ1) is 21.5. The van der Waals surface area contributed by atoms with E-state index in [1.807, 2.05) is 0 Å². The molecule has 0 aliphatic rings. The average Bonchev–Trinajstić information content (AvgIpc) is 3.18. The summed E-state index contributed by atoms with van der Waals surface area (Å²) >= 11 is 0. The van der Waals surface area contributed by atoms with Gasteiger partial charge < -0.3 is 10.1 Å². The van der Waals surface area contributed by atoms with E-state index in [4.69, 9.17) is 4.74 Å². The predicted octanol–water partition coefficient (Wildman–Crippen LogP) is 5.52. The Morgan fingerprint density at radius 2 is 1.84 bits per heavy atom. The van der Waals surface area contributed by atoms with E-state index in [2.05, 4.69) is 20.4 Å². The summed E-state index contributed by atoms with van der Waals surface area (Å²) in [4.78, 5) is 8.83. The molecule has 1 N–H and O–H groups in total. The number of rotatable bonds is 6. The summed E-state index contributed by atoms with van der Waals surface area (Å²) in [7, 11) is 1.46. The van der Waals surface area contributed by atoms with Crippen LogP contribution in [-0.2, 0) is 0 Å². The highest BCUT2D eigenvalue weighted by atomic mass is 19.3. The lowest BCUT2D eigenvalue weighted by atomic mass is 10.0. The van der Waals surface area contributed by atoms with Crippen LogP contribution in [0, 0.1) is 18.6 Å². The van der Waals surface area contributed by atoms with Crippen LogP contribution in [0.3, 0.4) is 0 Å². The van der Waals surface area contributed by atoms with Crippen molar-refractivity contribution in [1.82, 2.24) is 19.7 Å². The molecule has 1 unspecified atom stereocenters. The quantitative estimate of drug-likeness (QED) is 0.396. The Morgan fingerprint density at radius 1 is 1.09 bits per heavy atom. The van der Waals surface area contributed by atoms with Gasteiger partial charge in [0.25, 0.3) is 6.43 Å². The van der Waals surface area contributed by atoms with Crippen molar-refractivity contribution >= 4 is 16.7 Å². The van der Waals surface area contributed by atoms with Gasteiger partial charge in [0, 0.05) is 10.9 Å². The maximum atomic E-state index is 14.6. The van der Waals surface area contributed by atoms with Crippen LogP contribution in [0.5, 0.6) is 5.75 Å². The second kappa shape index (κ2) is 8.45. The molecule has 4 aromatic rings. The zero-order valence-electron chi connectivity index (χ0n) is 17.4. The lowest BCUT2D eigenvalue weighted by Gasteiger charge is -2.19. The molecule has 0 saturated heterocycles. The maximum absolute atomic E-state index is 14.6. The van der Waals surface area contributed by atoms with Crippen LogP contribution in [0.25, 0.3) is 16.6 Å². The fourth-order valence-electron chi connectivity index (χ4n) is 3.50. The Hall–Kier alpha value is -3.69. The van der Waals surface area contributed by atoms with Crippen molar-refractivity contribution in [2.24, 2.45) is 0 Å². The predicted molar refractivity (Wildman–Crippen MR) is 111 cm³/mol. The maximum Gasteiger partial charge on any atom is 0.266 e. The highest BCUT2D eigenvalue weighted by Crippen LogP contribution is 2.34. The first-order valence-electron chi connectivity index (χ1n) is 9.68. The number of nitrogens with one attached hydrogen (secondary N) is 1. The zero-order chi connectivity index (χ0) is 23.0. The molecule has 1 atom stereocenters. The molecule has 0 spiro atoms. The number of methoxy groups -OCH3 is 1. The highest BCUT2D eigenvalue weighted by molar-refractivity contribution is 5.92. The molecule has 6 nitrogen and oxygen atoms in total. The molecule has 0 aliphatic heterocycles. The molecule has 0 aliphatic carbocycles. The van der Waals surface area contributed by atoms with Crippen molar-refractivity contribution < 1.29 is 22.3 Å². The number of alkyl halides is 2. The summed E-state index contributed by atoms with van der Waals surface area (Å²) in [6, 6.07) is 6.55. The first-order chi connectivity index (χ1) is 15.3. The summed E-state index contributed by atoms with van der Waals surface area (Å²) in [5, 5.41) is 7.61. The van der Waals surface area contributed by atoms with Gasteiger partial charge in [-0.1, -0.05) is 18.2 Å². The van der Waals surface area contributed by atoms with E-state index in [1.165, 1.54) is 30.1 Å². The minimum absolute atomic E-state index is 0.0859. The van der Waals surface area contributed by atoms with Gasteiger partial charge in [0.2, 0.25) is 0 Å². The van der Waals surface area contributed by atoms with Gasteiger partial charge in [-0.15, -0.1) is 0 Å². The first-order valence-corrected chi connectivity index (χ1v) is 9.68. The molecule has 0 amide bonds. The van der Waals surface area contributed by atoms with E-state index >= 15 is 0 Å². The van der Waals surface area contributed by atoms with Gasteiger partial charge in [-0.3, -0.25) is 0 Å². The van der Waals surface area contributed by atoms with E-state index < -0.39 is 29.7 Å². The Bertz CT molecular complexity index is 1290. The average molecular weight is 445 g/mol. The molecular formula is C22H19F4N5O. The van der Waals surface area contributed by atoms with Crippen LogP contribution in [0.2, 0.25) is 0 Å². The van der Waals surface area contributed by atoms with Gasteiger partial charge in [0.1, 0.15) is 28.9 Å². The number of aryl methyl sites for hydroxylation is 1. The molecule has 0 fully saturated rings. The second-order valence-corrected chi connectivity index (χ2v) is 7.18. The number of aromatic nitrogens is 4. The molecular weight excluding hydrogens is 426 g/mol. The van der Waals surface area contributed by atoms with Crippen LogP contribution in [0.4, 0.5) is 23.4 Å². The van der Waals surface area contributed by atoms with Crippen molar-refractivity contribution in [2.75, 3.05) is 12.4 Å². The van der Waals surface area contributed by atoms with E-state index in [0.29, 0.717) is 34.0 Å². The minimum Gasteiger partial charge on any atom is -0.494 e. The lowest BCUT2D eigenvalue weighted by Crippen LogP contribution is -2.12. The number of nitrogens with zero attached hydrogens (tertiary/aromatic N) is 4. The van der Waals surface area contributed by atoms with Gasteiger partial charge in [0.15, 0.2) is 5.82 Å². The largest absolute Gasteiger partial charge is 0.494 e. The SMILES string of the molecule is COc1cc2c(NC(C)c3cccc(C(F)F)c3F)nc(C)nc2cc1-n1cc(F)cn1. The van der Waals surface area contributed by atoms with Crippen LogP contribution in [-0.4, -0.2) is 26.9 Å². The fraction of sp³-hybridized carbons (Fsp3) is 0.227. The molecule has 0 radical (unpaired) electrons. The summed E-state index contributed by atoms with van der Waals surface area (Å²) < 4.78 is 61.0. The Labute approximate surface area is 180 Å². The Balaban J connectivity index is 1.79. The molecule has 4 rings (SSSR count). The van der Waals surface area contributed by atoms with Crippen LogP contribution in [0.1, 0.15) is 36.3 Å². The van der Waals surface area contributed by atoms with E-state index in [1.54, 1.807) is 26.0 Å². The standard InChI is InChI=1S/C22H19F4N5O/c1-11(14-5-4-6-15(20(14)24)21(25)26)28-22-16-7-19(32-3)18(31-10-13(23)9-27-31)8-17(16)29-12(2)30-22/h4-11,21H,1-3H3,(H,28,29,30). The Kier molecular flexibility index (Phi) is 5.68. The monoisotopic (exact) mass is 445 g/mol. The normalized spacial score (nSPS) is 12.4.